The lowest BCUT2D eigenvalue weighted by molar-refractivity contribution is 0.191. The second-order valence-electron chi connectivity index (χ2n) is 5.72. The number of nitrogens with one attached hydrogen (secondary N) is 1. The lowest BCUT2D eigenvalue weighted by Crippen LogP contribution is -2.58. The predicted molar refractivity (Wildman–Crippen MR) is 76.1 cm³/mol. The summed E-state index contributed by atoms with van der Waals surface area (Å²) in [6, 6.07) is 2.26. The van der Waals surface area contributed by atoms with Crippen LogP contribution in [0.15, 0.2) is 23.1 Å². The molecule has 1 aromatic rings. The van der Waals surface area contributed by atoms with E-state index in [1.807, 2.05) is 6.92 Å². The molecule has 0 aromatic heterocycles. The first-order chi connectivity index (χ1) is 9.79. The fraction of sp³-hybridized carbons (Fsp3) is 0.571. The van der Waals surface area contributed by atoms with Gasteiger partial charge in [0.05, 0.1) is 4.90 Å². The molecule has 1 fully saturated rings. The van der Waals surface area contributed by atoms with Gasteiger partial charge in [-0.05, 0) is 30.9 Å². The van der Waals surface area contributed by atoms with Crippen LogP contribution < -0.4 is 10.5 Å². The van der Waals surface area contributed by atoms with E-state index in [1.54, 1.807) is 0 Å². The van der Waals surface area contributed by atoms with Gasteiger partial charge in [-0.1, -0.05) is 19.8 Å². The van der Waals surface area contributed by atoms with Crippen molar-refractivity contribution in [3.05, 3.63) is 29.8 Å². The quantitative estimate of drug-likeness (QED) is 0.893. The van der Waals surface area contributed by atoms with Gasteiger partial charge >= 0.3 is 0 Å². The fourth-order valence-electron chi connectivity index (χ4n) is 2.92. The number of halogens is 2. The van der Waals surface area contributed by atoms with Gasteiger partial charge in [0.2, 0.25) is 10.0 Å². The second kappa shape index (κ2) is 5.98. The van der Waals surface area contributed by atoms with Gasteiger partial charge < -0.3 is 5.73 Å². The standard InChI is InChI=1S/C14H20F2N2O2S/c1-10-4-2-3-5-14(10,9-17)18-21(19,20)13-7-11(15)6-12(16)8-13/h6-8,10,18H,2-5,9,17H2,1H3. The Labute approximate surface area is 123 Å². The highest BCUT2D eigenvalue weighted by atomic mass is 32.2. The van der Waals surface area contributed by atoms with Crippen LogP contribution in [-0.4, -0.2) is 20.5 Å². The monoisotopic (exact) mass is 318 g/mol. The molecule has 0 aliphatic heterocycles. The number of nitrogens with two attached hydrogens (primary N) is 1. The van der Waals surface area contributed by atoms with E-state index >= 15 is 0 Å². The predicted octanol–water partition coefficient (Wildman–Crippen LogP) is 2.15. The minimum Gasteiger partial charge on any atom is -0.329 e. The molecule has 21 heavy (non-hydrogen) atoms. The molecule has 3 N–H and O–H groups in total. The molecule has 1 aliphatic carbocycles. The van der Waals surface area contributed by atoms with E-state index in [0.717, 1.165) is 31.4 Å². The molecule has 1 saturated carbocycles. The lowest BCUT2D eigenvalue weighted by atomic mass is 9.74. The molecule has 2 unspecified atom stereocenters. The topological polar surface area (TPSA) is 72.2 Å². The van der Waals surface area contributed by atoms with E-state index in [1.165, 1.54) is 0 Å². The number of sulfonamides is 1. The molecule has 2 rings (SSSR count). The van der Waals surface area contributed by atoms with Crippen molar-refractivity contribution in [3.8, 4) is 0 Å². The van der Waals surface area contributed by atoms with Crippen molar-refractivity contribution in [2.75, 3.05) is 6.54 Å². The van der Waals surface area contributed by atoms with E-state index in [2.05, 4.69) is 4.72 Å². The first-order valence-electron chi connectivity index (χ1n) is 6.99. The Hall–Kier alpha value is -1.05. The van der Waals surface area contributed by atoms with Crippen molar-refractivity contribution < 1.29 is 17.2 Å². The van der Waals surface area contributed by atoms with Crippen LogP contribution in [0, 0.1) is 17.6 Å². The highest BCUT2D eigenvalue weighted by molar-refractivity contribution is 7.89. The summed E-state index contributed by atoms with van der Waals surface area (Å²) in [5.74, 6) is -1.77. The Bertz CT molecular complexity index is 601. The molecule has 1 aliphatic rings. The fourth-order valence-corrected chi connectivity index (χ4v) is 4.50. The molecule has 0 heterocycles. The van der Waals surface area contributed by atoms with Crippen molar-refractivity contribution in [1.82, 2.24) is 4.72 Å². The van der Waals surface area contributed by atoms with Crippen LogP contribution in [0.2, 0.25) is 0 Å². The van der Waals surface area contributed by atoms with Crippen LogP contribution in [0.5, 0.6) is 0 Å². The Kier molecular flexibility index (Phi) is 4.65. The van der Waals surface area contributed by atoms with E-state index in [-0.39, 0.29) is 12.5 Å². The molecule has 4 nitrogen and oxygen atoms in total. The molecular weight excluding hydrogens is 298 g/mol. The third-order valence-electron chi connectivity index (χ3n) is 4.30. The van der Waals surface area contributed by atoms with E-state index in [0.29, 0.717) is 12.5 Å². The summed E-state index contributed by atoms with van der Waals surface area (Å²) in [6.07, 6.45) is 3.40. The Morgan fingerprint density at radius 3 is 2.43 bits per heavy atom. The third-order valence-corrected chi connectivity index (χ3v) is 5.83. The first kappa shape index (κ1) is 16.3. The zero-order chi connectivity index (χ0) is 15.7. The van der Waals surface area contributed by atoms with Crippen molar-refractivity contribution in [2.24, 2.45) is 11.7 Å². The first-order valence-corrected chi connectivity index (χ1v) is 8.47. The molecule has 7 heteroatoms. The minimum atomic E-state index is -4.02. The van der Waals surface area contributed by atoms with Crippen LogP contribution in [-0.2, 0) is 10.0 Å². The van der Waals surface area contributed by atoms with E-state index in [9.17, 15) is 17.2 Å². The maximum absolute atomic E-state index is 13.2. The largest absolute Gasteiger partial charge is 0.329 e. The molecule has 118 valence electrons. The second-order valence-corrected chi connectivity index (χ2v) is 7.40. The van der Waals surface area contributed by atoms with Crippen LogP contribution >= 0.6 is 0 Å². The van der Waals surface area contributed by atoms with Gasteiger partial charge in [0.25, 0.3) is 0 Å². The van der Waals surface area contributed by atoms with Crippen LogP contribution in [0.1, 0.15) is 32.6 Å². The summed E-state index contributed by atoms with van der Waals surface area (Å²) in [5.41, 5.74) is 5.05. The average Bonchev–Trinajstić information content (AvgIpc) is 2.40. The summed E-state index contributed by atoms with van der Waals surface area (Å²) in [4.78, 5) is -0.411. The molecule has 0 saturated heterocycles. The summed E-state index contributed by atoms with van der Waals surface area (Å²) in [7, 11) is -4.02. The normalized spacial score (nSPS) is 26.8. The van der Waals surface area contributed by atoms with Crippen molar-refractivity contribution in [1.29, 1.82) is 0 Å². The van der Waals surface area contributed by atoms with Gasteiger partial charge in [-0.25, -0.2) is 21.9 Å². The summed E-state index contributed by atoms with van der Waals surface area (Å²) in [6.45, 7) is 2.10. The van der Waals surface area contributed by atoms with Crippen molar-refractivity contribution in [2.45, 2.75) is 43.0 Å². The van der Waals surface area contributed by atoms with Crippen molar-refractivity contribution in [3.63, 3.8) is 0 Å². The van der Waals surface area contributed by atoms with E-state index in [4.69, 9.17) is 5.73 Å². The smallest absolute Gasteiger partial charge is 0.241 e. The summed E-state index contributed by atoms with van der Waals surface area (Å²) >= 11 is 0. The molecule has 0 bridgehead atoms. The molecule has 0 spiro atoms. The molecule has 0 amide bonds. The van der Waals surface area contributed by atoms with Crippen LogP contribution in [0.25, 0.3) is 0 Å². The number of rotatable bonds is 4. The summed E-state index contributed by atoms with van der Waals surface area (Å²) < 4.78 is 53.9. The zero-order valence-corrected chi connectivity index (χ0v) is 12.7. The van der Waals surface area contributed by atoms with Gasteiger partial charge in [0.1, 0.15) is 11.6 Å². The van der Waals surface area contributed by atoms with Gasteiger partial charge in [-0.2, -0.15) is 0 Å². The van der Waals surface area contributed by atoms with Gasteiger partial charge in [0, 0.05) is 18.2 Å². The molecule has 2 atom stereocenters. The Morgan fingerprint density at radius 2 is 1.90 bits per heavy atom. The SMILES string of the molecule is CC1CCCCC1(CN)NS(=O)(=O)c1cc(F)cc(F)c1. The van der Waals surface area contributed by atoms with Gasteiger partial charge in [-0.3, -0.25) is 0 Å². The van der Waals surface area contributed by atoms with Gasteiger partial charge in [0.15, 0.2) is 0 Å². The highest BCUT2D eigenvalue weighted by Crippen LogP contribution is 2.34. The van der Waals surface area contributed by atoms with Crippen LogP contribution in [0.3, 0.4) is 0 Å². The zero-order valence-electron chi connectivity index (χ0n) is 11.9. The lowest BCUT2D eigenvalue weighted by Gasteiger charge is -2.42. The van der Waals surface area contributed by atoms with Gasteiger partial charge in [-0.15, -0.1) is 0 Å². The Morgan fingerprint density at radius 1 is 1.29 bits per heavy atom. The number of hydrogen-bond acceptors (Lipinski definition) is 3. The maximum Gasteiger partial charge on any atom is 0.241 e. The molecular formula is C14H20F2N2O2S. The Balaban J connectivity index is 2.35. The third kappa shape index (κ3) is 3.41. The summed E-state index contributed by atoms with van der Waals surface area (Å²) in [5, 5.41) is 0. The van der Waals surface area contributed by atoms with Crippen molar-refractivity contribution >= 4 is 10.0 Å². The van der Waals surface area contributed by atoms with E-state index < -0.39 is 32.1 Å². The molecule has 1 aromatic carbocycles. The maximum atomic E-state index is 13.2. The number of benzene rings is 1. The van der Waals surface area contributed by atoms with Crippen LogP contribution in [0.4, 0.5) is 8.78 Å². The number of hydrogen-bond donors (Lipinski definition) is 2. The minimum absolute atomic E-state index is 0.0735. The average molecular weight is 318 g/mol. The highest BCUT2D eigenvalue weighted by Gasteiger charge is 2.40. The molecule has 0 radical (unpaired) electrons.